The van der Waals surface area contributed by atoms with Gasteiger partial charge in [-0.3, -0.25) is 9.59 Å². The fourth-order valence-corrected chi connectivity index (χ4v) is 2.22. The standard InChI is InChI=1S/C20H31NO4/c1-13(2)19(22)24-11-16-9-8-10-17(12-25-20(23)14(3)4)18(16)21(7)15(5)6/h8-10,13-15H,11-12H2,1-7H3. The van der Waals surface area contributed by atoms with Crippen LogP contribution in [-0.2, 0) is 32.3 Å². The normalized spacial score (nSPS) is 11.1. The van der Waals surface area contributed by atoms with Crippen molar-refractivity contribution in [3.05, 3.63) is 29.3 Å². The highest BCUT2D eigenvalue weighted by Gasteiger charge is 2.18. The maximum atomic E-state index is 11.8. The summed E-state index contributed by atoms with van der Waals surface area (Å²) in [6, 6.07) is 6.03. The van der Waals surface area contributed by atoms with Gasteiger partial charge in [0.2, 0.25) is 0 Å². The van der Waals surface area contributed by atoms with Gasteiger partial charge < -0.3 is 14.4 Å². The average Bonchev–Trinajstić information content (AvgIpc) is 2.56. The molecule has 1 rings (SSSR count). The Balaban J connectivity index is 3.08. The van der Waals surface area contributed by atoms with Crippen molar-refractivity contribution in [1.29, 1.82) is 0 Å². The molecule has 0 unspecified atom stereocenters. The molecule has 0 fully saturated rings. The highest BCUT2D eigenvalue weighted by Crippen LogP contribution is 2.28. The molecule has 0 radical (unpaired) electrons. The van der Waals surface area contributed by atoms with Crippen molar-refractivity contribution in [3.8, 4) is 0 Å². The first-order valence-electron chi connectivity index (χ1n) is 8.82. The average molecular weight is 349 g/mol. The Kier molecular flexibility index (Phi) is 7.94. The Hall–Kier alpha value is -2.04. The first-order valence-corrected chi connectivity index (χ1v) is 8.82. The number of nitrogens with zero attached hydrogens (tertiary/aromatic N) is 1. The molecule has 0 aliphatic carbocycles. The SMILES string of the molecule is CC(C)C(=O)OCc1cccc(COC(=O)C(C)C)c1N(C)C(C)C. The maximum Gasteiger partial charge on any atom is 0.308 e. The van der Waals surface area contributed by atoms with E-state index in [1.165, 1.54) is 0 Å². The van der Waals surface area contributed by atoms with Crippen LogP contribution in [-0.4, -0.2) is 25.0 Å². The fraction of sp³-hybridized carbons (Fsp3) is 0.600. The van der Waals surface area contributed by atoms with Crippen LogP contribution in [0.4, 0.5) is 5.69 Å². The molecule has 1 aromatic carbocycles. The van der Waals surface area contributed by atoms with Crippen LogP contribution in [0.2, 0.25) is 0 Å². The number of anilines is 1. The highest BCUT2D eigenvalue weighted by molar-refractivity contribution is 5.72. The molecule has 0 amide bonds. The summed E-state index contributed by atoms with van der Waals surface area (Å²) in [6.07, 6.45) is 0. The van der Waals surface area contributed by atoms with E-state index in [4.69, 9.17) is 9.47 Å². The molecule has 0 aromatic heterocycles. The minimum Gasteiger partial charge on any atom is -0.461 e. The molecule has 140 valence electrons. The van der Waals surface area contributed by atoms with E-state index in [1.807, 2.05) is 52.9 Å². The summed E-state index contributed by atoms with van der Waals surface area (Å²) in [5.74, 6) is -0.785. The summed E-state index contributed by atoms with van der Waals surface area (Å²) in [4.78, 5) is 25.7. The molecule has 5 nitrogen and oxygen atoms in total. The van der Waals surface area contributed by atoms with Gasteiger partial charge in [-0.2, -0.15) is 0 Å². The highest BCUT2D eigenvalue weighted by atomic mass is 16.5. The molecule has 0 aliphatic heterocycles. The van der Waals surface area contributed by atoms with Crippen molar-refractivity contribution < 1.29 is 19.1 Å². The minimum absolute atomic E-state index is 0.165. The molecule has 0 saturated heterocycles. The topological polar surface area (TPSA) is 55.8 Å². The van der Waals surface area contributed by atoms with Crippen LogP contribution in [0.15, 0.2) is 18.2 Å². The second kappa shape index (κ2) is 9.44. The molecule has 25 heavy (non-hydrogen) atoms. The summed E-state index contributed by atoms with van der Waals surface area (Å²) in [5, 5.41) is 0. The van der Waals surface area contributed by atoms with E-state index in [0.717, 1.165) is 16.8 Å². The molecule has 1 aromatic rings. The van der Waals surface area contributed by atoms with Gasteiger partial charge in [-0.25, -0.2) is 0 Å². The number of carbonyl (C=O) groups excluding carboxylic acids is 2. The number of rotatable bonds is 8. The lowest BCUT2D eigenvalue weighted by Gasteiger charge is -2.29. The second-order valence-corrected chi connectivity index (χ2v) is 7.15. The molecule has 0 N–H and O–H groups in total. The van der Waals surface area contributed by atoms with Crippen LogP contribution >= 0.6 is 0 Å². The molecular weight excluding hydrogens is 318 g/mol. The molecule has 0 heterocycles. The monoisotopic (exact) mass is 349 g/mol. The second-order valence-electron chi connectivity index (χ2n) is 7.15. The van der Waals surface area contributed by atoms with E-state index < -0.39 is 0 Å². The fourth-order valence-electron chi connectivity index (χ4n) is 2.22. The quantitative estimate of drug-likeness (QED) is 0.666. The van der Waals surface area contributed by atoms with Gasteiger partial charge in [0.25, 0.3) is 0 Å². The van der Waals surface area contributed by atoms with Gasteiger partial charge in [-0.15, -0.1) is 0 Å². The van der Waals surface area contributed by atoms with Crippen LogP contribution in [0.5, 0.6) is 0 Å². The van der Waals surface area contributed by atoms with Gasteiger partial charge in [0.15, 0.2) is 0 Å². The van der Waals surface area contributed by atoms with Crippen molar-refractivity contribution in [2.24, 2.45) is 11.8 Å². The predicted molar refractivity (Wildman–Crippen MR) is 99.2 cm³/mol. The molecule has 0 bridgehead atoms. The largest absolute Gasteiger partial charge is 0.461 e. The lowest BCUT2D eigenvalue weighted by Crippen LogP contribution is -2.28. The number of hydrogen-bond acceptors (Lipinski definition) is 5. The van der Waals surface area contributed by atoms with E-state index >= 15 is 0 Å². The third-order valence-electron chi connectivity index (χ3n) is 4.01. The van der Waals surface area contributed by atoms with Crippen molar-refractivity contribution in [1.82, 2.24) is 0 Å². The van der Waals surface area contributed by atoms with Crippen molar-refractivity contribution in [3.63, 3.8) is 0 Å². The van der Waals surface area contributed by atoms with E-state index in [1.54, 1.807) is 0 Å². The Morgan fingerprint density at radius 3 is 1.60 bits per heavy atom. The molecule has 0 spiro atoms. The van der Waals surface area contributed by atoms with E-state index in [9.17, 15) is 9.59 Å². The summed E-state index contributed by atoms with van der Waals surface area (Å²) >= 11 is 0. The molecule has 0 aliphatic rings. The number of benzene rings is 1. The Bertz CT molecular complexity index is 551. The van der Waals surface area contributed by atoms with Gasteiger partial charge in [0, 0.05) is 29.9 Å². The predicted octanol–water partition coefficient (Wildman–Crippen LogP) is 3.93. The van der Waals surface area contributed by atoms with Crippen LogP contribution in [0.1, 0.15) is 52.7 Å². The van der Waals surface area contributed by atoms with E-state index in [-0.39, 0.29) is 43.0 Å². The Labute approximate surface area is 151 Å². The van der Waals surface area contributed by atoms with E-state index in [0.29, 0.717) is 0 Å². The summed E-state index contributed by atoms with van der Waals surface area (Å²) in [5.41, 5.74) is 2.76. The summed E-state index contributed by atoms with van der Waals surface area (Å²) in [6.45, 7) is 11.8. The third kappa shape index (κ3) is 6.07. The minimum atomic E-state index is -0.227. The molecule has 0 saturated carbocycles. The zero-order chi connectivity index (χ0) is 19.1. The lowest BCUT2D eigenvalue weighted by atomic mass is 10.1. The number of esters is 2. The van der Waals surface area contributed by atoms with Crippen molar-refractivity contribution in [2.45, 2.75) is 60.8 Å². The number of para-hydroxylation sites is 1. The zero-order valence-electron chi connectivity index (χ0n) is 16.5. The molecular formula is C20H31NO4. The Morgan fingerprint density at radius 2 is 1.28 bits per heavy atom. The van der Waals surface area contributed by atoms with Crippen LogP contribution in [0, 0.1) is 11.8 Å². The van der Waals surface area contributed by atoms with Crippen molar-refractivity contribution in [2.75, 3.05) is 11.9 Å². The summed E-state index contributed by atoms with van der Waals surface area (Å²) < 4.78 is 10.8. The number of ether oxygens (including phenoxy) is 2. The van der Waals surface area contributed by atoms with Crippen LogP contribution < -0.4 is 4.90 Å². The first kappa shape index (κ1) is 21.0. The molecule has 5 heteroatoms. The van der Waals surface area contributed by atoms with Gasteiger partial charge >= 0.3 is 11.9 Å². The van der Waals surface area contributed by atoms with Gasteiger partial charge in [-0.05, 0) is 13.8 Å². The van der Waals surface area contributed by atoms with Gasteiger partial charge in [0.05, 0.1) is 11.8 Å². The number of hydrogen-bond donors (Lipinski definition) is 0. The Morgan fingerprint density at radius 1 is 0.880 bits per heavy atom. The van der Waals surface area contributed by atoms with Crippen LogP contribution in [0.3, 0.4) is 0 Å². The van der Waals surface area contributed by atoms with Gasteiger partial charge in [0.1, 0.15) is 13.2 Å². The molecule has 0 atom stereocenters. The smallest absolute Gasteiger partial charge is 0.308 e. The lowest BCUT2D eigenvalue weighted by molar-refractivity contribution is -0.149. The van der Waals surface area contributed by atoms with E-state index in [2.05, 4.69) is 18.7 Å². The first-order chi connectivity index (χ1) is 11.6. The van der Waals surface area contributed by atoms with Crippen molar-refractivity contribution >= 4 is 17.6 Å². The van der Waals surface area contributed by atoms with Crippen LogP contribution in [0.25, 0.3) is 0 Å². The number of carbonyl (C=O) groups is 2. The van der Waals surface area contributed by atoms with Gasteiger partial charge in [-0.1, -0.05) is 45.9 Å². The summed E-state index contributed by atoms with van der Waals surface area (Å²) in [7, 11) is 1.99. The zero-order valence-corrected chi connectivity index (χ0v) is 16.5. The third-order valence-corrected chi connectivity index (χ3v) is 4.01. The maximum absolute atomic E-state index is 11.8.